The maximum atomic E-state index is 6.88. The molecule has 0 amide bonds. The number of fused-ring (bicyclic) bond motifs is 11. The first kappa shape index (κ1) is 35.1. The van der Waals surface area contributed by atoms with Gasteiger partial charge in [-0.05, 0) is 123 Å². The Morgan fingerprint density at radius 1 is 0.290 bits per heavy atom. The van der Waals surface area contributed by atoms with Gasteiger partial charge in [0, 0.05) is 21.6 Å². The predicted octanol–water partition coefficient (Wildman–Crippen LogP) is 17.2. The van der Waals surface area contributed by atoms with Crippen molar-refractivity contribution in [2.75, 3.05) is 0 Å². The van der Waals surface area contributed by atoms with E-state index in [2.05, 4.69) is 220 Å². The van der Waals surface area contributed by atoms with E-state index in [0.29, 0.717) is 0 Å². The van der Waals surface area contributed by atoms with Crippen LogP contribution in [-0.2, 0) is 5.41 Å². The van der Waals surface area contributed by atoms with Crippen molar-refractivity contribution in [1.82, 2.24) is 0 Å². The lowest BCUT2D eigenvalue weighted by Crippen LogP contribution is -2.14. The lowest BCUT2D eigenvalue weighted by Gasteiger charge is -2.21. The van der Waals surface area contributed by atoms with Crippen LogP contribution in [0, 0.1) is 0 Å². The maximum Gasteiger partial charge on any atom is 0.143 e. The molecule has 1 heteroatoms. The molecule has 62 heavy (non-hydrogen) atoms. The molecule has 0 saturated carbocycles. The second-order valence-electron chi connectivity index (χ2n) is 17.5. The third kappa shape index (κ3) is 4.97. The maximum absolute atomic E-state index is 6.88. The van der Waals surface area contributed by atoms with E-state index in [1.807, 2.05) is 0 Å². The van der Waals surface area contributed by atoms with Gasteiger partial charge in [-0.25, -0.2) is 0 Å². The molecule has 0 radical (unpaired) electrons. The van der Waals surface area contributed by atoms with Crippen LogP contribution in [-0.4, -0.2) is 0 Å². The van der Waals surface area contributed by atoms with Crippen LogP contribution in [0.5, 0.6) is 0 Å². The van der Waals surface area contributed by atoms with E-state index in [4.69, 9.17) is 4.42 Å². The molecule has 0 saturated heterocycles. The van der Waals surface area contributed by atoms with Crippen molar-refractivity contribution in [3.05, 3.63) is 217 Å². The van der Waals surface area contributed by atoms with Gasteiger partial charge in [0.15, 0.2) is 0 Å². The lowest BCUT2D eigenvalue weighted by atomic mass is 9.82. The summed E-state index contributed by atoms with van der Waals surface area (Å²) in [6.45, 7) is 4.70. The zero-order valence-corrected chi connectivity index (χ0v) is 34.5. The Bertz CT molecular complexity index is 3750. The summed E-state index contributed by atoms with van der Waals surface area (Å²) in [6, 6.07) is 76.1. The second-order valence-corrected chi connectivity index (χ2v) is 17.5. The topological polar surface area (TPSA) is 13.1 Å². The van der Waals surface area contributed by atoms with Crippen molar-refractivity contribution < 1.29 is 4.42 Å². The fourth-order valence-electron chi connectivity index (χ4n) is 11.0. The van der Waals surface area contributed by atoms with Crippen molar-refractivity contribution in [2.45, 2.75) is 19.3 Å². The summed E-state index contributed by atoms with van der Waals surface area (Å²) in [4.78, 5) is 0. The number of benzene rings is 11. The van der Waals surface area contributed by atoms with Gasteiger partial charge in [-0.2, -0.15) is 0 Å². The molecule has 0 aliphatic heterocycles. The van der Waals surface area contributed by atoms with Crippen LogP contribution >= 0.6 is 0 Å². The van der Waals surface area contributed by atoms with Crippen LogP contribution in [0.4, 0.5) is 0 Å². The van der Waals surface area contributed by atoms with Gasteiger partial charge < -0.3 is 4.42 Å². The lowest BCUT2D eigenvalue weighted by molar-refractivity contribution is 0.658. The first-order valence-corrected chi connectivity index (χ1v) is 21.7. The van der Waals surface area contributed by atoms with Crippen LogP contribution in [0.2, 0.25) is 0 Å². The number of hydrogen-bond acceptors (Lipinski definition) is 1. The summed E-state index contributed by atoms with van der Waals surface area (Å²) in [5.41, 5.74) is 17.0. The van der Waals surface area contributed by atoms with Crippen LogP contribution < -0.4 is 0 Å². The highest BCUT2D eigenvalue weighted by Gasteiger charge is 2.36. The zero-order chi connectivity index (χ0) is 41.1. The minimum atomic E-state index is -0.102. The van der Waals surface area contributed by atoms with E-state index in [-0.39, 0.29) is 5.41 Å². The highest BCUT2D eigenvalue weighted by Crippen LogP contribution is 2.52. The monoisotopic (exact) mass is 788 g/mol. The van der Waals surface area contributed by atoms with Crippen molar-refractivity contribution in [3.63, 3.8) is 0 Å². The molecular weight excluding hydrogens is 749 g/mol. The number of furan rings is 1. The van der Waals surface area contributed by atoms with Crippen LogP contribution in [0.3, 0.4) is 0 Å². The molecule has 0 N–H and O–H groups in total. The molecule has 13 rings (SSSR count). The average Bonchev–Trinajstić information content (AvgIpc) is 3.80. The van der Waals surface area contributed by atoms with Gasteiger partial charge in [-0.3, -0.25) is 0 Å². The fourth-order valence-corrected chi connectivity index (χ4v) is 11.0. The SMILES string of the molecule is CC1(C)c2ccccc2-c2cc3oc4c5ccccc5c(-c5ccc(-c6c7ccccc7c(-c7ccc(-c8ccccc8)cc7)c7ccccc67)c6ccccc56)cc4c3cc21. The van der Waals surface area contributed by atoms with Crippen molar-refractivity contribution in [1.29, 1.82) is 0 Å². The molecule has 0 bridgehead atoms. The zero-order valence-electron chi connectivity index (χ0n) is 34.5. The molecular formula is C61H40O. The molecule has 12 aromatic rings. The molecule has 1 heterocycles. The summed E-state index contributed by atoms with van der Waals surface area (Å²) in [5.74, 6) is 0. The molecule has 1 aliphatic rings. The molecule has 1 aromatic heterocycles. The summed E-state index contributed by atoms with van der Waals surface area (Å²) >= 11 is 0. The van der Waals surface area contributed by atoms with E-state index < -0.39 is 0 Å². The molecule has 11 aromatic carbocycles. The average molecular weight is 789 g/mol. The molecule has 0 fully saturated rings. The van der Waals surface area contributed by atoms with Crippen molar-refractivity contribution >= 4 is 65.0 Å². The predicted molar refractivity (Wildman–Crippen MR) is 263 cm³/mol. The molecule has 0 spiro atoms. The molecule has 0 atom stereocenters. The Morgan fingerprint density at radius 2 is 0.790 bits per heavy atom. The van der Waals surface area contributed by atoms with E-state index in [0.717, 1.165) is 21.9 Å². The quantitative estimate of drug-likeness (QED) is 0.162. The minimum Gasteiger partial charge on any atom is -0.455 e. The second kappa shape index (κ2) is 13.1. The van der Waals surface area contributed by atoms with E-state index in [9.17, 15) is 0 Å². The van der Waals surface area contributed by atoms with E-state index in [1.54, 1.807) is 0 Å². The first-order chi connectivity index (χ1) is 30.5. The number of rotatable bonds is 4. The van der Waals surface area contributed by atoms with E-state index >= 15 is 0 Å². The van der Waals surface area contributed by atoms with Gasteiger partial charge >= 0.3 is 0 Å². The third-order valence-corrected chi connectivity index (χ3v) is 13.9. The third-order valence-electron chi connectivity index (χ3n) is 13.9. The fraction of sp³-hybridized carbons (Fsp3) is 0.0492. The molecule has 0 unspecified atom stereocenters. The summed E-state index contributed by atoms with van der Waals surface area (Å²) in [7, 11) is 0. The first-order valence-electron chi connectivity index (χ1n) is 21.7. The highest BCUT2D eigenvalue weighted by atomic mass is 16.3. The minimum absolute atomic E-state index is 0.102. The standard InChI is InChI=1S/C61H40O/c1-61(2)55-27-15-14-21-44(55)52-36-57-53(35-56(52)61)54-34-51(42-20-8-13-26-50(42)60(54)62-57)43-32-33-49(41-19-7-6-18-40(41)43)59-47-24-11-9-22-45(47)58(46-23-10-12-25-48(46)59)39-30-28-38(29-31-39)37-16-4-3-5-17-37/h3-36H,1-2H3. The van der Waals surface area contributed by atoms with Gasteiger partial charge in [0.1, 0.15) is 11.2 Å². The van der Waals surface area contributed by atoms with Gasteiger partial charge in [0.2, 0.25) is 0 Å². The van der Waals surface area contributed by atoms with Crippen LogP contribution in [0.1, 0.15) is 25.0 Å². The Labute approximate surface area is 360 Å². The molecule has 1 nitrogen and oxygen atoms in total. The van der Waals surface area contributed by atoms with Crippen LogP contribution in [0.25, 0.3) is 121 Å². The Kier molecular flexibility index (Phi) is 7.42. The van der Waals surface area contributed by atoms with Gasteiger partial charge in [0.25, 0.3) is 0 Å². The largest absolute Gasteiger partial charge is 0.455 e. The Hall–Kier alpha value is -7.74. The van der Waals surface area contributed by atoms with Crippen molar-refractivity contribution in [3.8, 4) is 55.6 Å². The smallest absolute Gasteiger partial charge is 0.143 e. The summed E-state index contributed by atoms with van der Waals surface area (Å²) in [6.07, 6.45) is 0. The normalized spacial score (nSPS) is 13.1. The van der Waals surface area contributed by atoms with E-state index in [1.165, 1.54) is 110 Å². The number of hydrogen-bond donors (Lipinski definition) is 0. The Balaban J connectivity index is 1.03. The van der Waals surface area contributed by atoms with Gasteiger partial charge in [-0.1, -0.05) is 202 Å². The molecule has 290 valence electrons. The Morgan fingerprint density at radius 3 is 1.47 bits per heavy atom. The van der Waals surface area contributed by atoms with Gasteiger partial charge in [0.05, 0.1) is 0 Å². The summed E-state index contributed by atoms with van der Waals surface area (Å²) < 4.78 is 6.88. The molecule has 1 aliphatic carbocycles. The summed E-state index contributed by atoms with van der Waals surface area (Å²) in [5, 5.41) is 12.1. The highest BCUT2D eigenvalue weighted by molar-refractivity contribution is 6.26. The van der Waals surface area contributed by atoms with Crippen molar-refractivity contribution in [2.24, 2.45) is 0 Å². The van der Waals surface area contributed by atoms with Crippen LogP contribution in [0.15, 0.2) is 211 Å². The van der Waals surface area contributed by atoms with Gasteiger partial charge in [-0.15, -0.1) is 0 Å².